The average molecular weight is 136 g/mol. The van der Waals surface area contributed by atoms with Crippen molar-refractivity contribution in [2.45, 2.75) is 6.42 Å². The second-order valence-corrected chi connectivity index (χ2v) is 1.22. The fourth-order valence-electron chi connectivity index (χ4n) is 0.345. The molecule has 0 saturated heterocycles. The molecule has 1 aliphatic rings. The van der Waals surface area contributed by atoms with E-state index in [-0.39, 0.29) is 18.3 Å². The molecule has 1 rings (SSSR count). The summed E-state index contributed by atoms with van der Waals surface area (Å²) in [6.07, 6.45) is 3.53. The van der Waals surface area contributed by atoms with Gasteiger partial charge in [-0.25, -0.2) is 0 Å². The summed E-state index contributed by atoms with van der Waals surface area (Å²) in [4.78, 5) is 14.6. The Morgan fingerprint density at radius 3 is 2.75 bits per heavy atom. The van der Waals surface area contributed by atoms with E-state index >= 15 is 0 Å². The Morgan fingerprint density at radius 2 is 2.50 bits per heavy atom. The molecule has 0 unspecified atom stereocenters. The van der Waals surface area contributed by atoms with Crippen LogP contribution in [0, 0.1) is 0 Å². The summed E-state index contributed by atoms with van der Waals surface area (Å²) in [5.41, 5.74) is 2.16. The third-order valence-corrected chi connectivity index (χ3v) is 0.640. The number of amides is 1. The lowest BCUT2D eigenvalue weighted by Crippen LogP contribution is -2.22. The molecular weight excluding hydrogens is 130 g/mol. The van der Waals surface area contributed by atoms with E-state index < -0.39 is 0 Å². The van der Waals surface area contributed by atoms with Crippen LogP contribution in [0.25, 0.3) is 0 Å². The van der Waals surface area contributed by atoms with Crippen LogP contribution in [0.2, 0.25) is 0 Å². The molecule has 0 fully saturated rings. The fraction of sp³-hybridized carbons (Fsp3) is 0.250. The van der Waals surface area contributed by atoms with Crippen LogP contribution >= 0.6 is 12.4 Å². The van der Waals surface area contributed by atoms with Gasteiger partial charge in [0.1, 0.15) is 6.26 Å². The first-order valence-corrected chi connectivity index (χ1v) is 1.99. The van der Waals surface area contributed by atoms with Crippen LogP contribution in [0.4, 0.5) is 0 Å². The molecular formula is C4H6ClNO2. The van der Waals surface area contributed by atoms with Crippen LogP contribution in [0.5, 0.6) is 0 Å². The number of carbonyl (C=O) groups excluding carboxylic acids is 1. The quantitative estimate of drug-likeness (QED) is 0.521. The molecule has 0 aromatic rings. The summed E-state index contributed by atoms with van der Waals surface area (Å²) in [5, 5.41) is 0. The minimum atomic E-state index is -0.0949. The van der Waals surface area contributed by atoms with Gasteiger partial charge < -0.3 is 4.84 Å². The first-order chi connectivity index (χ1) is 3.39. The highest BCUT2D eigenvalue weighted by atomic mass is 35.5. The molecule has 0 radical (unpaired) electrons. The van der Waals surface area contributed by atoms with E-state index in [1.165, 1.54) is 6.26 Å². The van der Waals surface area contributed by atoms with Gasteiger partial charge in [-0.05, 0) is 6.08 Å². The molecule has 46 valence electrons. The number of hydroxylamine groups is 1. The zero-order valence-corrected chi connectivity index (χ0v) is 4.90. The summed E-state index contributed by atoms with van der Waals surface area (Å²) < 4.78 is 0. The second-order valence-electron chi connectivity index (χ2n) is 1.22. The van der Waals surface area contributed by atoms with E-state index in [9.17, 15) is 4.79 Å². The summed E-state index contributed by atoms with van der Waals surface area (Å²) in [6, 6.07) is 0. The topological polar surface area (TPSA) is 38.3 Å². The van der Waals surface area contributed by atoms with Crippen LogP contribution in [-0.4, -0.2) is 5.91 Å². The molecule has 8 heavy (non-hydrogen) atoms. The van der Waals surface area contributed by atoms with Gasteiger partial charge in [-0.3, -0.25) is 4.79 Å². The highest BCUT2D eigenvalue weighted by Gasteiger charge is 1.98. The maximum atomic E-state index is 10.2. The van der Waals surface area contributed by atoms with Crippen molar-refractivity contribution in [1.29, 1.82) is 0 Å². The number of rotatable bonds is 0. The zero-order chi connectivity index (χ0) is 5.11. The van der Waals surface area contributed by atoms with Crippen LogP contribution in [0.1, 0.15) is 6.42 Å². The zero-order valence-electron chi connectivity index (χ0n) is 4.09. The lowest BCUT2D eigenvalue weighted by molar-refractivity contribution is -0.130. The Balaban J connectivity index is 0.000000490. The molecule has 0 atom stereocenters. The highest BCUT2D eigenvalue weighted by molar-refractivity contribution is 5.85. The van der Waals surface area contributed by atoms with E-state index in [1.54, 1.807) is 6.08 Å². The van der Waals surface area contributed by atoms with E-state index in [0.717, 1.165) is 0 Å². The van der Waals surface area contributed by atoms with Gasteiger partial charge in [0.05, 0.1) is 6.42 Å². The second kappa shape index (κ2) is 3.32. The number of hydrogen-bond acceptors (Lipinski definition) is 2. The average Bonchev–Trinajstić information content (AvgIpc) is 1.69. The first kappa shape index (κ1) is 7.30. The minimum absolute atomic E-state index is 0. The number of halogens is 1. The summed E-state index contributed by atoms with van der Waals surface area (Å²) in [6.45, 7) is 0. The Labute approximate surface area is 53.1 Å². The molecule has 0 saturated carbocycles. The van der Waals surface area contributed by atoms with Crippen LogP contribution in [0.3, 0.4) is 0 Å². The van der Waals surface area contributed by atoms with Crippen molar-refractivity contribution >= 4 is 18.3 Å². The van der Waals surface area contributed by atoms with E-state index in [2.05, 4.69) is 10.3 Å². The maximum absolute atomic E-state index is 10.2. The summed E-state index contributed by atoms with van der Waals surface area (Å²) in [7, 11) is 0. The van der Waals surface area contributed by atoms with Crippen molar-refractivity contribution in [1.82, 2.24) is 5.48 Å². The molecule has 0 spiro atoms. The van der Waals surface area contributed by atoms with Gasteiger partial charge in [-0.2, -0.15) is 5.48 Å². The van der Waals surface area contributed by atoms with E-state index in [0.29, 0.717) is 6.42 Å². The molecule has 0 bridgehead atoms. The molecule has 1 N–H and O–H groups in total. The van der Waals surface area contributed by atoms with Gasteiger partial charge in [-0.15, -0.1) is 12.4 Å². The summed E-state index contributed by atoms with van der Waals surface area (Å²) in [5.74, 6) is -0.0949. The Kier molecular flexibility index (Phi) is 3.03. The molecule has 0 aromatic heterocycles. The smallest absolute Gasteiger partial charge is 0.256 e. The van der Waals surface area contributed by atoms with Crippen molar-refractivity contribution in [2.75, 3.05) is 0 Å². The van der Waals surface area contributed by atoms with Crippen molar-refractivity contribution < 1.29 is 9.63 Å². The maximum Gasteiger partial charge on any atom is 0.256 e. The summed E-state index contributed by atoms with van der Waals surface area (Å²) >= 11 is 0. The van der Waals surface area contributed by atoms with Crippen molar-refractivity contribution in [3.05, 3.63) is 12.3 Å². The Morgan fingerprint density at radius 1 is 1.75 bits per heavy atom. The predicted octanol–water partition coefficient (Wildman–Crippen LogP) is 0.373. The van der Waals surface area contributed by atoms with Gasteiger partial charge in [-0.1, -0.05) is 0 Å². The van der Waals surface area contributed by atoms with Gasteiger partial charge in [0, 0.05) is 0 Å². The van der Waals surface area contributed by atoms with Gasteiger partial charge in [0.2, 0.25) is 0 Å². The third kappa shape index (κ3) is 1.84. The SMILES string of the molecule is Cl.O=C1CC=CON1. The molecule has 1 aliphatic heterocycles. The molecule has 1 heterocycles. The largest absolute Gasteiger partial charge is 0.388 e. The molecule has 1 amide bonds. The monoisotopic (exact) mass is 135 g/mol. The number of carbonyl (C=O) groups is 1. The lowest BCUT2D eigenvalue weighted by Gasteiger charge is -2.03. The first-order valence-electron chi connectivity index (χ1n) is 1.99. The fourth-order valence-corrected chi connectivity index (χ4v) is 0.345. The van der Waals surface area contributed by atoms with Crippen molar-refractivity contribution in [3.63, 3.8) is 0 Å². The van der Waals surface area contributed by atoms with Crippen LogP contribution < -0.4 is 5.48 Å². The number of nitrogens with one attached hydrogen (secondary N) is 1. The Hall–Kier alpha value is -0.700. The van der Waals surface area contributed by atoms with Crippen LogP contribution in [0.15, 0.2) is 12.3 Å². The van der Waals surface area contributed by atoms with Gasteiger partial charge in [0.25, 0.3) is 5.91 Å². The van der Waals surface area contributed by atoms with Crippen molar-refractivity contribution in [3.8, 4) is 0 Å². The normalized spacial score (nSPS) is 15.8. The Bertz CT molecular complexity index is 113. The van der Waals surface area contributed by atoms with E-state index in [4.69, 9.17) is 0 Å². The van der Waals surface area contributed by atoms with Crippen LogP contribution in [-0.2, 0) is 9.63 Å². The molecule has 0 aromatic carbocycles. The predicted molar refractivity (Wildman–Crippen MR) is 30.2 cm³/mol. The minimum Gasteiger partial charge on any atom is -0.388 e. The molecule has 4 heteroatoms. The highest BCUT2D eigenvalue weighted by Crippen LogP contribution is 1.88. The standard InChI is InChI=1S/C4H5NO2.ClH/c6-4-2-1-3-7-5-4;/h1,3H,2H2,(H,5,6);1H. The third-order valence-electron chi connectivity index (χ3n) is 0.640. The van der Waals surface area contributed by atoms with Gasteiger partial charge >= 0.3 is 0 Å². The lowest BCUT2D eigenvalue weighted by atomic mass is 10.4. The van der Waals surface area contributed by atoms with Gasteiger partial charge in [0.15, 0.2) is 0 Å². The molecule has 0 aliphatic carbocycles. The molecule has 3 nitrogen and oxygen atoms in total. The van der Waals surface area contributed by atoms with Crippen molar-refractivity contribution in [2.24, 2.45) is 0 Å². The van der Waals surface area contributed by atoms with E-state index in [1.807, 2.05) is 0 Å². The number of hydrogen-bond donors (Lipinski definition) is 1.